The lowest BCUT2D eigenvalue weighted by Gasteiger charge is -2.22. The molecule has 0 aromatic rings. The van der Waals surface area contributed by atoms with Crippen LogP contribution in [0.4, 0.5) is 0 Å². The minimum Gasteiger partial charge on any atom is -0.330 e. The number of hydrogen-bond donors (Lipinski definition) is 2. The van der Waals surface area contributed by atoms with E-state index in [2.05, 4.69) is 24.3 Å². The SMILES string of the molecule is CNC(CCCN)C1CCN(C)C1. The fourth-order valence-corrected chi connectivity index (χ4v) is 2.25. The molecule has 2 atom stereocenters. The molecule has 13 heavy (non-hydrogen) atoms. The van der Waals surface area contributed by atoms with Crippen molar-refractivity contribution in [2.75, 3.05) is 33.7 Å². The second kappa shape index (κ2) is 5.58. The summed E-state index contributed by atoms with van der Waals surface area (Å²) < 4.78 is 0. The van der Waals surface area contributed by atoms with Gasteiger partial charge in [0.25, 0.3) is 0 Å². The summed E-state index contributed by atoms with van der Waals surface area (Å²) in [7, 11) is 4.27. The van der Waals surface area contributed by atoms with Gasteiger partial charge in [-0.15, -0.1) is 0 Å². The Labute approximate surface area is 81.7 Å². The fourth-order valence-electron chi connectivity index (χ4n) is 2.25. The predicted octanol–water partition coefficient (Wildman–Crippen LogP) is 0.265. The van der Waals surface area contributed by atoms with E-state index < -0.39 is 0 Å². The molecule has 3 heteroatoms. The predicted molar refractivity (Wildman–Crippen MR) is 56.7 cm³/mol. The van der Waals surface area contributed by atoms with Crippen LogP contribution in [-0.2, 0) is 0 Å². The lowest BCUT2D eigenvalue weighted by atomic mass is 9.95. The Morgan fingerprint density at radius 2 is 2.38 bits per heavy atom. The molecule has 3 nitrogen and oxygen atoms in total. The molecule has 1 rings (SSSR count). The van der Waals surface area contributed by atoms with Crippen molar-refractivity contribution in [3.63, 3.8) is 0 Å². The van der Waals surface area contributed by atoms with E-state index in [1.54, 1.807) is 0 Å². The molecule has 1 aliphatic rings. The first-order valence-corrected chi connectivity index (χ1v) is 5.33. The quantitative estimate of drug-likeness (QED) is 0.646. The molecule has 0 aliphatic carbocycles. The maximum atomic E-state index is 5.52. The van der Waals surface area contributed by atoms with Crippen molar-refractivity contribution in [2.24, 2.45) is 11.7 Å². The number of rotatable bonds is 5. The highest BCUT2D eigenvalue weighted by atomic mass is 15.1. The maximum absolute atomic E-state index is 5.52. The Balaban J connectivity index is 2.29. The first-order chi connectivity index (χ1) is 6.27. The molecule has 0 bridgehead atoms. The van der Waals surface area contributed by atoms with E-state index in [9.17, 15) is 0 Å². The van der Waals surface area contributed by atoms with Crippen LogP contribution in [0.25, 0.3) is 0 Å². The second-order valence-electron chi connectivity index (χ2n) is 4.14. The molecular formula is C10H23N3. The summed E-state index contributed by atoms with van der Waals surface area (Å²) in [5.74, 6) is 0.835. The van der Waals surface area contributed by atoms with E-state index in [4.69, 9.17) is 5.73 Å². The summed E-state index contributed by atoms with van der Waals surface area (Å²) >= 11 is 0. The third-order valence-corrected chi connectivity index (χ3v) is 3.09. The van der Waals surface area contributed by atoms with Crippen LogP contribution in [0.1, 0.15) is 19.3 Å². The molecule has 0 spiro atoms. The highest BCUT2D eigenvalue weighted by Crippen LogP contribution is 2.20. The molecule has 0 amide bonds. The zero-order valence-electron chi connectivity index (χ0n) is 8.92. The number of nitrogens with two attached hydrogens (primary N) is 1. The van der Waals surface area contributed by atoms with Gasteiger partial charge < -0.3 is 16.0 Å². The monoisotopic (exact) mass is 185 g/mol. The van der Waals surface area contributed by atoms with Gasteiger partial charge in [0.05, 0.1) is 0 Å². The Morgan fingerprint density at radius 3 is 2.85 bits per heavy atom. The van der Waals surface area contributed by atoms with Gasteiger partial charge in [0.1, 0.15) is 0 Å². The van der Waals surface area contributed by atoms with Crippen molar-refractivity contribution >= 4 is 0 Å². The minimum absolute atomic E-state index is 0.675. The van der Waals surface area contributed by atoms with E-state index in [0.29, 0.717) is 6.04 Å². The summed E-state index contributed by atoms with van der Waals surface area (Å²) in [5.41, 5.74) is 5.52. The van der Waals surface area contributed by atoms with Gasteiger partial charge in [-0.25, -0.2) is 0 Å². The van der Waals surface area contributed by atoms with Gasteiger partial charge in [-0.05, 0) is 52.4 Å². The highest BCUT2D eigenvalue weighted by Gasteiger charge is 2.25. The van der Waals surface area contributed by atoms with Crippen molar-refractivity contribution in [3.8, 4) is 0 Å². The molecule has 78 valence electrons. The molecule has 0 aromatic heterocycles. The number of hydrogen-bond acceptors (Lipinski definition) is 3. The first kappa shape index (κ1) is 11.0. The standard InChI is InChI=1S/C10H23N3/c1-12-10(4-3-6-11)9-5-7-13(2)8-9/h9-10,12H,3-8,11H2,1-2H3. The molecular weight excluding hydrogens is 162 g/mol. The zero-order chi connectivity index (χ0) is 9.68. The molecule has 1 fully saturated rings. The van der Waals surface area contributed by atoms with E-state index in [0.717, 1.165) is 18.9 Å². The smallest absolute Gasteiger partial charge is 0.0105 e. The van der Waals surface area contributed by atoms with Gasteiger partial charge in [-0.2, -0.15) is 0 Å². The van der Waals surface area contributed by atoms with Gasteiger partial charge in [-0.3, -0.25) is 0 Å². The van der Waals surface area contributed by atoms with Gasteiger partial charge in [0.15, 0.2) is 0 Å². The van der Waals surface area contributed by atoms with Gasteiger partial charge in [0, 0.05) is 12.6 Å². The molecule has 1 saturated heterocycles. The number of nitrogens with zero attached hydrogens (tertiary/aromatic N) is 1. The van der Waals surface area contributed by atoms with E-state index in [1.807, 2.05) is 0 Å². The highest BCUT2D eigenvalue weighted by molar-refractivity contribution is 4.83. The Bertz CT molecular complexity index is 138. The summed E-state index contributed by atoms with van der Waals surface area (Å²) in [5, 5.41) is 3.42. The van der Waals surface area contributed by atoms with Gasteiger partial charge in [0.2, 0.25) is 0 Å². The zero-order valence-corrected chi connectivity index (χ0v) is 8.92. The summed E-state index contributed by atoms with van der Waals surface area (Å²) in [6.07, 6.45) is 3.71. The molecule has 0 aromatic carbocycles. The van der Waals surface area contributed by atoms with Crippen LogP contribution in [0.15, 0.2) is 0 Å². The van der Waals surface area contributed by atoms with Crippen LogP contribution in [0, 0.1) is 5.92 Å². The summed E-state index contributed by atoms with van der Waals surface area (Å²) in [6, 6.07) is 0.675. The van der Waals surface area contributed by atoms with E-state index in [-0.39, 0.29) is 0 Å². The fraction of sp³-hybridized carbons (Fsp3) is 1.00. The minimum atomic E-state index is 0.675. The average Bonchev–Trinajstić information content (AvgIpc) is 2.54. The summed E-state index contributed by atoms with van der Waals surface area (Å²) in [6.45, 7) is 3.32. The Kier molecular flexibility index (Phi) is 4.70. The lowest BCUT2D eigenvalue weighted by molar-refractivity contribution is 0.331. The Hall–Kier alpha value is -0.120. The molecule has 1 aliphatic heterocycles. The van der Waals surface area contributed by atoms with Crippen LogP contribution >= 0.6 is 0 Å². The largest absolute Gasteiger partial charge is 0.330 e. The molecule has 0 radical (unpaired) electrons. The van der Waals surface area contributed by atoms with Gasteiger partial charge in [-0.1, -0.05) is 0 Å². The van der Waals surface area contributed by atoms with Crippen molar-refractivity contribution in [3.05, 3.63) is 0 Å². The van der Waals surface area contributed by atoms with Crippen LogP contribution in [0.2, 0.25) is 0 Å². The number of likely N-dealkylation sites (tertiary alicyclic amines) is 1. The van der Waals surface area contributed by atoms with Crippen molar-refractivity contribution in [2.45, 2.75) is 25.3 Å². The summed E-state index contributed by atoms with van der Waals surface area (Å²) in [4.78, 5) is 2.41. The van der Waals surface area contributed by atoms with E-state index >= 15 is 0 Å². The number of nitrogens with one attached hydrogen (secondary N) is 1. The average molecular weight is 185 g/mol. The van der Waals surface area contributed by atoms with Crippen molar-refractivity contribution < 1.29 is 0 Å². The molecule has 1 heterocycles. The third-order valence-electron chi connectivity index (χ3n) is 3.09. The molecule has 3 N–H and O–H groups in total. The second-order valence-corrected chi connectivity index (χ2v) is 4.14. The van der Waals surface area contributed by atoms with E-state index in [1.165, 1.54) is 25.9 Å². The Morgan fingerprint density at radius 1 is 1.62 bits per heavy atom. The van der Waals surface area contributed by atoms with Crippen LogP contribution < -0.4 is 11.1 Å². The van der Waals surface area contributed by atoms with Crippen LogP contribution in [0.3, 0.4) is 0 Å². The lowest BCUT2D eigenvalue weighted by Crippen LogP contribution is -2.35. The van der Waals surface area contributed by atoms with Gasteiger partial charge >= 0.3 is 0 Å². The maximum Gasteiger partial charge on any atom is 0.0105 e. The molecule has 2 unspecified atom stereocenters. The first-order valence-electron chi connectivity index (χ1n) is 5.33. The van der Waals surface area contributed by atoms with Crippen LogP contribution in [0.5, 0.6) is 0 Å². The third kappa shape index (κ3) is 3.25. The normalized spacial score (nSPS) is 26.5. The topological polar surface area (TPSA) is 41.3 Å². The van der Waals surface area contributed by atoms with Crippen LogP contribution in [-0.4, -0.2) is 44.7 Å². The van der Waals surface area contributed by atoms with Crippen molar-refractivity contribution in [1.82, 2.24) is 10.2 Å². The molecule has 0 saturated carbocycles. The van der Waals surface area contributed by atoms with Crippen molar-refractivity contribution in [1.29, 1.82) is 0 Å².